The molecular weight excluding hydrogens is 336 g/mol. The molecule has 0 radical (unpaired) electrons. The summed E-state index contributed by atoms with van der Waals surface area (Å²) in [6.45, 7) is 6.69. The highest BCUT2D eigenvalue weighted by Gasteiger charge is 2.14. The van der Waals surface area contributed by atoms with Gasteiger partial charge in [-0.15, -0.1) is 0 Å². The summed E-state index contributed by atoms with van der Waals surface area (Å²) in [6.07, 6.45) is 1.34. The van der Waals surface area contributed by atoms with Gasteiger partial charge in [-0.05, 0) is 56.9 Å². The minimum Gasteiger partial charge on any atom is -0.356 e. The predicted octanol–water partition coefficient (Wildman–Crippen LogP) is 2.65. The van der Waals surface area contributed by atoms with Crippen molar-refractivity contribution in [1.29, 1.82) is 0 Å². The summed E-state index contributed by atoms with van der Waals surface area (Å²) in [5.74, 6) is -0.453. The van der Waals surface area contributed by atoms with Gasteiger partial charge in [0.2, 0.25) is 0 Å². The number of aryl methyl sites for hydroxylation is 2. The molecule has 0 saturated carbocycles. The normalized spacial score (nSPS) is 13.0. The Balaban J connectivity index is 1.86. The molecule has 0 aliphatic heterocycles. The molecule has 0 bridgehead atoms. The second-order valence-corrected chi connectivity index (χ2v) is 6.55. The number of halogens is 2. The van der Waals surface area contributed by atoms with Gasteiger partial charge in [-0.1, -0.05) is 0 Å². The van der Waals surface area contributed by atoms with Crippen molar-refractivity contribution < 1.29 is 8.78 Å². The zero-order valence-electron chi connectivity index (χ0n) is 16.0. The molecule has 2 aromatic rings. The van der Waals surface area contributed by atoms with E-state index in [9.17, 15) is 8.78 Å². The Bertz CT molecular complexity index is 762. The van der Waals surface area contributed by atoms with Crippen molar-refractivity contribution in [2.75, 3.05) is 13.6 Å². The summed E-state index contributed by atoms with van der Waals surface area (Å²) in [5.41, 5.74) is 4.04. The highest BCUT2D eigenvalue weighted by Crippen LogP contribution is 2.14. The fourth-order valence-corrected chi connectivity index (χ4v) is 2.98. The van der Waals surface area contributed by atoms with Crippen LogP contribution in [0.4, 0.5) is 8.78 Å². The molecule has 1 aromatic heterocycles. The first-order chi connectivity index (χ1) is 12.3. The van der Waals surface area contributed by atoms with E-state index in [0.717, 1.165) is 23.9 Å². The molecule has 1 heterocycles. The monoisotopic (exact) mass is 363 g/mol. The van der Waals surface area contributed by atoms with Crippen molar-refractivity contribution >= 4 is 5.96 Å². The lowest BCUT2D eigenvalue weighted by Gasteiger charge is -2.18. The molecule has 0 aliphatic carbocycles. The summed E-state index contributed by atoms with van der Waals surface area (Å²) in [7, 11) is 3.64. The first kappa shape index (κ1) is 19.9. The molecule has 0 saturated heterocycles. The third-order valence-electron chi connectivity index (χ3n) is 4.40. The van der Waals surface area contributed by atoms with Crippen LogP contribution < -0.4 is 10.6 Å². The molecule has 0 amide bonds. The van der Waals surface area contributed by atoms with E-state index in [4.69, 9.17) is 0 Å². The van der Waals surface area contributed by atoms with Crippen LogP contribution in [0.5, 0.6) is 0 Å². The maximum atomic E-state index is 13.2. The second kappa shape index (κ2) is 8.78. The SMILES string of the molecule is CN=C(NCCc1cc(F)cc(F)c1)NC(C)Cc1c(C)nn(C)c1C. The van der Waals surface area contributed by atoms with Gasteiger partial charge in [0.1, 0.15) is 11.6 Å². The van der Waals surface area contributed by atoms with E-state index in [1.807, 2.05) is 18.7 Å². The van der Waals surface area contributed by atoms with Crippen LogP contribution in [0, 0.1) is 25.5 Å². The number of benzene rings is 1. The number of nitrogens with zero attached hydrogens (tertiary/aromatic N) is 3. The average Bonchev–Trinajstić information content (AvgIpc) is 2.79. The molecule has 0 fully saturated rings. The summed E-state index contributed by atoms with van der Waals surface area (Å²) in [6, 6.07) is 3.73. The van der Waals surface area contributed by atoms with Crippen LogP contribution in [0.15, 0.2) is 23.2 Å². The molecule has 2 N–H and O–H groups in total. The lowest BCUT2D eigenvalue weighted by atomic mass is 10.1. The summed E-state index contributed by atoms with van der Waals surface area (Å²) >= 11 is 0. The number of aliphatic imine (C=N–C) groups is 1. The Morgan fingerprint density at radius 1 is 1.23 bits per heavy atom. The van der Waals surface area contributed by atoms with Gasteiger partial charge in [-0.2, -0.15) is 5.10 Å². The fraction of sp³-hybridized carbons (Fsp3) is 0.474. The van der Waals surface area contributed by atoms with Crippen molar-refractivity contribution in [3.05, 3.63) is 52.3 Å². The van der Waals surface area contributed by atoms with E-state index < -0.39 is 11.6 Å². The van der Waals surface area contributed by atoms with Crippen LogP contribution in [-0.2, 0) is 19.9 Å². The summed E-state index contributed by atoms with van der Waals surface area (Å²) < 4.78 is 28.3. The highest BCUT2D eigenvalue weighted by atomic mass is 19.1. The summed E-state index contributed by atoms with van der Waals surface area (Å²) in [4.78, 5) is 4.21. The van der Waals surface area contributed by atoms with E-state index in [2.05, 4.69) is 34.6 Å². The number of rotatable bonds is 6. The van der Waals surface area contributed by atoms with E-state index in [1.54, 1.807) is 7.05 Å². The first-order valence-corrected chi connectivity index (χ1v) is 8.71. The lowest BCUT2D eigenvalue weighted by molar-refractivity contribution is 0.579. The van der Waals surface area contributed by atoms with Gasteiger partial charge in [0.15, 0.2) is 5.96 Å². The quantitative estimate of drug-likeness (QED) is 0.613. The molecular formula is C19H27F2N5. The van der Waals surface area contributed by atoms with Gasteiger partial charge < -0.3 is 10.6 Å². The first-order valence-electron chi connectivity index (χ1n) is 8.71. The third kappa shape index (κ3) is 5.28. The van der Waals surface area contributed by atoms with Crippen molar-refractivity contribution in [2.45, 2.75) is 39.7 Å². The molecule has 0 aliphatic rings. The van der Waals surface area contributed by atoms with Crippen molar-refractivity contribution in [1.82, 2.24) is 20.4 Å². The van der Waals surface area contributed by atoms with E-state index in [-0.39, 0.29) is 6.04 Å². The Morgan fingerprint density at radius 3 is 2.42 bits per heavy atom. The van der Waals surface area contributed by atoms with Gasteiger partial charge in [0.05, 0.1) is 5.69 Å². The predicted molar refractivity (Wildman–Crippen MR) is 100 cm³/mol. The van der Waals surface area contributed by atoms with Crippen LogP contribution in [0.2, 0.25) is 0 Å². The number of hydrogen-bond donors (Lipinski definition) is 2. The zero-order valence-corrected chi connectivity index (χ0v) is 16.0. The minimum atomic E-state index is -0.557. The number of guanidine groups is 1. The van der Waals surface area contributed by atoms with Gasteiger partial charge in [-0.25, -0.2) is 8.78 Å². The molecule has 0 spiro atoms. The average molecular weight is 363 g/mol. The topological polar surface area (TPSA) is 54.2 Å². The van der Waals surface area contributed by atoms with E-state index in [0.29, 0.717) is 24.5 Å². The third-order valence-corrected chi connectivity index (χ3v) is 4.40. The van der Waals surface area contributed by atoms with Gasteiger partial charge in [0, 0.05) is 38.4 Å². The second-order valence-electron chi connectivity index (χ2n) is 6.55. The van der Waals surface area contributed by atoms with Crippen molar-refractivity contribution in [2.24, 2.45) is 12.0 Å². The molecule has 1 unspecified atom stereocenters. The van der Waals surface area contributed by atoms with Crippen molar-refractivity contribution in [3.8, 4) is 0 Å². The highest BCUT2D eigenvalue weighted by molar-refractivity contribution is 5.79. The van der Waals surface area contributed by atoms with E-state index in [1.165, 1.54) is 17.7 Å². The van der Waals surface area contributed by atoms with Crippen LogP contribution in [0.3, 0.4) is 0 Å². The molecule has 5 nitrogen and oxygen atoms in total. The molecule has 26 heavy (non-hydrogen) atoms. The van der Waals surface area contributed by atoms with E-state index >= 15 is 0 Å². The number of hydrogen-bond acceptors (Lipinski definition) is 2. The van der Waals surface area contributed by atoms with Crippen LogP contribution in [-0.4, -0.2) is 35.4 Å². The minimum absolute atomic E-state index is 0.161. The fourth-order valence-electron chi connectivity index (χ4n) is 2.98. The Morgan fingerprint density at radius 2 is 1.88 bits per heavy atom. The number of aromatic nitrogens is 2. The molecule has 1 aromatic carbocycles. The van der Waals surface area contributed by atoms with Gasteiger partial charge in [0.25, 0.3) is 0 Å². The van der Waals surface area contributed by atoms with Gasteiger partial charge >= 0.3 is 0 Å². The van der Waals surface area contributed by atoms with Crippen LogP contribution in [0.25, 0.3) is 0 Å². The lowest BCUT2D eigenvalue weighted by Crippen LogP contribution is -2.43. The maximum absolute atomic E-state index is 13.2. The van der Waals surface area contributed by atoms with Crippen molar-refractivity contribution in [3.63, 3.8) is 0 Å². The number of nitrogens with one attached hydrogen (secondary N) is 2. The molecule has 7 heteroatoms. The zero-order chi connectivity index (χ0) is 19.3. The maximum Gasteiger partial charge on any atom is 0.191 e. The van der Waals surface area contributed by atoms with Crippen LogP contribution >= 0.6 is 0 Å². The summed E-state index contributed by atoms with van der Waals surface area (Å²) in [5, 5.41) is 11.0. The molecule has 1 atom stereocenters. The Hall–Kier alpha value is -2.44. The Labute approximate surface area is 153 Å². The Kier molecular flexibility index (Phi) is 6.71. The van der Waals surface area contributed by atoms with Crippen LogP contribution in [0.1, 0.15) is 29.4 Å². The largest absolute Gasteiger partial charge is 0.356 e. The molecule has 142 valence electrons. The standard InChI is InChI=1S/C19H27F2N5/c1-12(8-18-13(2)25-26(5)14(18)3)24-19(22-4)23-7-6-15-9-16(20)11-17(21)10-15/h9-12H,6-8H2,1-5H3,(H2,22,23,24). The smallest absolute Gasteiger partial charge is 0.191 e. The molecule has 2 rings (SSSR count). The van der Waals surface area contributed by atoms with Gasteiger partial charge in [-0.3, -0.25) is 9.67 Å².